The van der Waals surface area contributed by atoms with Crippen LogP contribution in [0, 0.1) is 11.4 Å². The molecule has 14 heavy (non-hydrogen) atoms. The zero-order valence-corrected chi connectivity index (χ0v) is 8.88. The van der Waals surface area contributed by atoms with Crippen molar-refractivity contribution in [2.75, 3.05) is 6.61 Å². The lowest BCUT2D eigenvalue weighted by molar-refractivity contribution is 0.234. The number of aromatic nitrogens is 1. The highest BCUT2D eigenvalue weighted by Gasteiger charge is 2.10. The number of nitrogens with zero attached hydrogens (tertiary/aromatic N) is 1. The summed E-state index contributed by atoms with van der Waals surface area (Å²) in [5, 5.41) is 0. The molecular formula is C11H16FNO. The molecular weight excluding hydrogens is 181 g/mol. The molecule has 1 heterocycles. The SMILES string of the molecule is CC(C)(C)CCOc1cccc(F)n1. The third-order valence-corrected chi connectivity index (χ3v) is 1.79. The second-order valence-electron chi connectivity index (χ2n) is 4.46. The van der Waals surface area contributed by atoms with E-state index in [-0.39, 0.29) is 5.41 Å². The zero-order chi connectivity index (χ0) is 10.6. The topological polar surface area (TPSA) is 22.1 Å². The lowest BCUT2D eigenvalue weighted by atomic mass is 9.93. The van der Waals surface area contributed by atoms with Gasteiger partial charge in [-0.05, 0) is 17.9 Å². The molecule has 0 aliphatic carbocycles. The molecule has 0 spiro atoms. The van der Waals surface area contributed by atoms with E-state index >= 15 is 0 Å². The first-order valence-electron chi connectivity index (χ1n) is 4.73. The van der Waals surface area contributed by atoms with Gasteiger partial charge in [0.15, 0.2) is 0 Å². The van der Waals surface area contributed by atoms with Gasteiger partial charge in [-0.15, -0.1) is 0 Å². The molecule has 0 aliphatic heterocycles. The van der Waals surface area contributed by atoms with Crippen LogP contribution in [-0.4, -0.2) is 11.6 Å². The molecule has 0 unspecified atom stereocenters. The molecule has 0 radical (unpaired) electrons. The normalized spacial score (nSPS) is 11.4. The van der Waals surface area contributed by atoms with Crippen LogP contribution in [0.2, 0.25) is 0 Å². The van der Waals surface area contributed by atoms with Crippen LogP contribution in [0.5, 0.6) is 5.88 Å². The number of hydrogen-bond acceptors (Lipinski definition) is 2. The quantitative estimate of drug-likeness (QED) is 0.695. The molecule has 0 N–H and O–H groups in total. The highest BCUT2D eigenvalue weighted by molar-refractivity contribution is 5.10. The Morgan fingerprint density at radius 3 is 2.64 bits per heavy atom. The standard InChI is InChI=1S/C11H16FNO/c1-11(2,3)7-8-14-10-6-4-5-9(12)13-10/h4-6H,7-8H2,1-3H3. The van der Waals surface area contributed by atoms with Crippen LogP contribution in [0.25, 0.3) is 0 Å². The zero-order valence-electron chi connectivity index (χ0n) is 8.88. The largest absolute Gasteiger partial charge is 0.478 e. The minimum absolute atomic E-state index is 0.229. The van der Waals surface area contributed by atoms with Crippen molar-refractivity contribution in [1.29, 1.82) is 0 Å². The van der Waals surface area contributed by atoms with Crippen molar-refractivity contribution in [2.45, 2.75) is 27.2 Å². The fraction of sp³-hybridized carbons (Fsp3) is 0.545. The van der Waals surface area contributed by atoms with Crippen LogP contribution in [0.4, 0.5) is 4.39 Å². The van der Waals surface area contributed by atoms with E-state index in [0.717, 1.165) is 6.42 Å². The van der Waals surface area contributed by atoms with Gasteiger partial charge in [-0.25, -0.2) is 0 Å². The van der Waals surface area contributed by atoms with Gasteiger partial charge in [0, 0.05) is 6.07 Å². The first-order valence-corrected chi connectivity index (χ1v) is 4.73. The van der Waals surface area contributed by atoms with Gasteiger partial charge in [0.05, 0.1) is 6.61 Å². The van der Waals surface area contributed by atoms with E-state index in [4.69, 9.17) is 4.74 Å². The van der Waals surface area contributed by atoms with Crippen molar-refractivity contribution in [1.82, 2.24) is 4.98 Å². The van der Waals surface area contributed by atoms with Gasteiger partial charge >= 0.3 is 0 Å². The van der Waals surface area contributed by atoms with Crippen LogP contribution < -0.4 is 4.74 Å². The van der Waals surface area contributed by atoms with Gasteiger partial charge in [-0.1, -0.05) is 26.8 Å². The molecule has 0 fully saturated rings. The van der Waals surface area contributed by atoms with E-state index in [2.05, 4.69) is 25.8 Å². The van der Waals surface area contributed by atoms with Gasteiger partial charge in [-0.2, -0.15) is 9.37 Å². The Labute approximate surface area is 84.1 Å². The lowest BCUT2D eigenvalue weighted by Crippen LogP contribution is -2.11. The van der Waals surface area contributed by atoms with E-state index in [1.54, 1.807) is 12.1 Å². The third kappa shape index (κ3) is 4.21. The van der Waals surface area contributed by atoms with Crippen molar-refractivity contribution in [2.24, 2.45) is 5.41 Å². The summed E-state index contributed by atoms with van der Waals surface area (Å²) < 4.78 is 17.9. The van der Waals surface area contributed by atoms with Crippen molar-refractivity contribution >= 4 is 0 Å². The second-order valence-corrected chi connectivity index (χ2v) is 4.46. The minimum Gasteiger partial charge on any atom is -0.478 e. The molecule has 1 rings (SSSR count). The van der Waals surface area contributed by atoms with Gasteiger partial charge in [0.1, 0.15) is 0 Å². The molecule has 1 aromatic rings. The van der Waals surface area contributed by atoms with Gasteiger partial charge in [0.2, 0.25) is 11.8 Å². The van der Waals surface area contributed by atoms with Crippen LogP contribution in [0.15, 0.2) is 18.2 Å². The summed E-state index contributed by atoms with van der Waals surface area (Å²) in [6.07, 6.45) is 0.922. The number of hydrogen-bond donors (Lipinski definition) is 0. The fourth-order valence-corrected chi connectivity index (χ4v) is 0.932. The fourth-order valence-electron chi connectivity index (χ4n) is 0.932. The number of halogens is 1. The van der Waals surface area contributed by atoms with Gasteiger partial charge in [0.25, 0.3) is 0 Å². The van der Waals surface area contributed by atoms with Crippen LogP contribution in [0.1, 0.15) is 27.2 Å². The molecule has 0 aliphatic rings. The average molecular weight is 197 g/mol. The Morgan fingerprint density at radius 1 is 1.36 bits per heavy atom. The molecule has 0 saturated heterocycles. The number of ether oxygens (including phenoxy) is 1. The Balaban J connectivity index is 2.39. The maximum Gasteiger partial charge on any atom is 0.216 e. The van der Waals surface area contributed by atoms with Crippen molar-refractivity contribution in [3.05, 3.63) is 24.1 Å². The van der Waals surface area contributed by atoms with Crippen LogP contribution >= 0.6 is 0 Å². The van der Waals surface area contributed by atoms with Gasteiger partial charge in [-0.3, -0.25) is 0 Å². The van der Waals surface area contributed by atoms with Crippen LogP contribution in [-0.2, 0) is 0 Å². The maximum absolute atomic E-state index is 12.6. The lowest BCUT2D eigenvalue weighted by Gasteiger charge is -2.17. The van der Waals surface area contributed by atoms with Crippen LogP contribution in [0.3, 0.4) is 0 Å². The van der Waals surface area contributed by atoms with E-state index < -0.39 is 5.95 Å². The Bertz CT molecular complexity index is 294. The smallest absolute Gasteiger partial charge is 0.216 e. The maximum atomic E-state index is 12.6. The summed E-state index contributed by atoms with van der Waals surface area (Å²) >= 11 is 0. The Morgan fingerprint density at radius 2 is 2.07 bits per heavy atom. The first-order chi connectivity index (χ1) is 6.47. The molecule has 0 saturated carbocycles. The monoisotopic (exact) mass is 197 g/mol. The average Bonchev–Trinajstić information content (AvgIpc) is 2.01. The minimum atomic E-state index is -0.502. The molecule has 78 valence electrons. The summed E-state index contributed by atoms with van der Waals surface area (Å²) in [4.78, 5) is 3.60. The highest BCUT2D eigenvalue weighted by atomic mass is 19.1. The van der Waals surface area contributed by atoms with Crippen molar-refractivity contribution < 1.29 is 9.13 Å². The molecule has 0 aromatic carbocycles. The second kappa shape index (κ2) is 4.40. The highest BCUT2D eigenvalue weighted by Crippen LogP contribution is 2.18. The predicted octanol–water partition coefficient (Wildman–Crippen LogP) is 3.04. The first kappa shape index (κ1) is 11.0. The van der Waals surface area contributed by atoms with Gasteiger partial charge < -0.3 is 4.74 Å². The molecule has 0 amide bonds. The van der Waals surface area contributed by atoms with E-state index in [1.165, 1.54) is 6.07 Å². The number of rotatable bonds is 3. The summed E-state index contributed by atoms with van der Waals surface area (Å²) in [6.45, 7) is 6.97. The van der Waals surface area contributed by atoms with E-state index in [9.17, 15) is 4.39 Å². The summed E-state index contributed by atoms with van der Waals surface area (Å²) in [7, 11) is 0. The molecule has 2 nitrogen and oxygen atoms in total. The molecule has 1 aromatic heterocycles. The predicted molar refractivity (Wildman–Crippen MR) is 53.8 cm³/mol. The van der Waals surface area contributed by atoms with Crippen molar-refractivity contribution in [3.8, 4) is 5.88 Å². The van der Waals surface area contributed by atoms with E-state index in [0.29, 0.717) is 12.5 Å². The number of pyridine rings is 1. The summed E-state index contributed by atoms with van der Waals surface area (Å²) in [5.41, 5.74) is 0.229. The molecule has 0 atom stereocenters. The summed E-state index contributed by atoms with van der Waals surface area (Å²) in [5.74, 6) is -0.146. The summed E-state index contributed by atoms with van der Waals surface area (Å²) in [6, 6.07) is 4.55. The Hall–Kier alpha value is -1.12. The molecule has 0 bridgehead atoms. The van der Waals surface area contributed by atoms with E-state index in [1.807, 2.05) is 0 Å². The third-order valence-electron chi connectivity index (χ3n) is 1.79. The Kier molecular flexibility index (Phi) is 3.44. The van der Waals surface area contributed by atoms with Crippen molar-refractivity contribution in [3.63, 3.8) is 0 Å². The molecule has 3 heteroatoms.